The normalized spacial score (nSPS) is 20.7. The summed E-state index contributed by atoms with van der Waals surface area (Å²) in [6.07, 6.45) is 8.40. The van der Waals surface area contributed by atoms with E-state index in [-0.39, 0.29) is 0 Å². The van der Waals surface area contributed by atoms with Crippen molar-refractivity contribution in [1.82, 2.24) is 14.9 Å². The highest BCUT2D eigenvalue weighted by Gasteiger charge is 2.30. The Morgan fingerprint density at radius 2 is 1.78 bits per heavy atom. The van der Waals surface area contributed by atoms with Crippen LogP contribution in [-0.4, -0.2) is 27.7 Å². The van der Waals surface area contributed by atoms with Gasteiger partial charge in [-0.25, -0.2) is 4.98 Å². The number of nitrogens with zero attached hydrogens (tertiary/aromatic N) is 2. The lowest BCUT2D eigenvalue weighted by atomic mass is 9.90. The van der Waals surface area contributed by atoms with Crippen LogP contribution in [0, 0.1) is 0 Å². The number of imidazole rings is 1. The Labute approximate surface area is 204 Å². The molecule has 0 aliphatic heterocycles. The van der Waals surface area contributed by atoms with Crippen molar-refractivity contribution >= 4 is 38.6 Å². The van der Waals surface area contributed by atoms with E-state index in [2.05, 4.69) is 49.0 Å². The maximum absolute atomic E-state index is 10.5. The van der Waals surface area contributed by atoms with E-state index in [1.165, 1.54) is 29.3 Å². The van der Waals surface area contributed by atoms with Crippen LogP contribution in [0.5, 0.6) is 0 Å². The molecule has 1 aromatic heterocycles. The molecule has 1 saturated carbocycles. The van der Waals surface area contributed by atoms with Crippen molar-refractivity contribution in [3.05, 3.63) is 62.8 Å². The molecule has 2 aliphatic rings. The van der Waals surface area contributed by atoms with Crippen LogP contribution in [0.25, 0.3) is 11.0 Å². The molecule has 2 aliphatic carbocycles. The van der Waals surface area contributed by atoms with E-state index in [1.54, 1.807) is 19.4 Å². The molecular weight excluding hydrogens is 486 g/mol. The molecule has 6 heteroatoms. The van der Waals surface area contributed by atoms with Gasteiger partial charge in [0.1, 0.15) is 11.4 Å². The van der Waals surface area contributed by atoms with Gasteiger partial charge >= 0.3 is 0 Å². The number of aryl methyl sites for hydroxylation is 2. The van der Waals surface area contributed by atoms with E-state index in [0.29, 0.717) is 17.1 Å². The first-order chi connectivity index (χ1) is 15.3. The number of aliphatic hydroxyl groups is 1. The Kier molecular flexibility index (Phi) is 7.30. The molecule has 3 aromatic rings. The third-order valence-electron chi connectivity index (χ3n) is 6.73. The number of nitrogens with one attached hydrogen (secondary N) is 1. The lowest BCUT2D eigenvalue weighted by Gasteiger charge is -2.32. The van der Waals surface area contributed by atoms with Gasteiger partial charge in [0, 0.05) is 21.6 Å². The summed E-state index contributed by atoms with van der Waals surface area (Å²) in [5.41, 5.74) is 4.04. The van der Waals surface area contributed by atoms with Gasteiger partial charge in [-0.05, 0) is 107 Å². The number of rotatable bonds is 3. The number of aromatic nitrogens is 2. The quantitative estimate of drug-likeness (QED) is 0.413. The molecule has 0 bridgehead atoms. The van der Waals surface area contributed by atoms with Crippen molar-refractivity contribution in [2.75, 3.05) is 7.05 Å². The van der Waals surface area contributed by atoms with Crippen molar-refractivity contribution in [2.45, 2.75) is 76.5 Å². The van der Waals surface area contributed by atoms with Crippen molar-refractivity contribution in [1.29, 1.82) is 0 Å². The maximum atomic E-state index is 10.5. The second kappa shape index (κ2) is 9.84. The van der Waals surface area contributed by atoms with Crippen LogP contribution in [0.1, 0.15) is 68.9 Å². The van der Waals surface area contributed by atoms with Crippen LogP contribution in [0.2, 0.25) is 5.02 Å². The zero-order valence-electron chi connectivity index (χ0n) is 19.2. The van der Waals surface area contributed by atoms with Crippen LogP contribution in [0.3, 0.4) is 0 Å². The third-order valence-corrected chi connectivity index (χ3v) is 7.46. The first kappa shape index (κ1) is 23.7. The molecule has 4 nitrogen and oxygen atoms in total. The van der Waals surface area contributed by atoms with Crippen molar-refractivity contribution in [3.63, 3.8) is 0 Å². The second-order valence-electron chi connectivity index (χ2n) is 9.56. The maximum Gasteiger partial charge on any atom is 0.141 e. The molecule has 0 unspecified atom stereocenters. The lowest BCUT2D eigenvalue weighted by molar-refractivity contribution is 0.0620. The summed E-state index contributed by atoms with van der Waals surface area (Å²) in [5.74, 6) is 0.734. The Balaban J connectivity index is 0.000000203. The standard InChI is InChI=1S/C17H24ClN3O.C9H9Br/c1-17(2,22)16-20-14-10-11(18)4-9-15(14)21(16)13-7-5-12(19-3)6-8-13;10-9-5-4-7-2-1-3-8(7)6-9/h4,9-10,12-13,19,22H,5-8H2,1-3H3;4-6H,1-3H2. The summed E-state index contributed by atoms with van der Waals surface area (Å²) in [4.78, 5) is 4.67. The predicted molar refractivity (Wildman–Crippen MR) is 137 cm³/mol. The van der Waals surface area contributed by atoms with E-state index in [0.717, 1.165) is 42.5 Å². The number of fused-ring (bicyclic) bond motifs is 2. The van der Waals surface area contributed by atoms with Gasteiger partial charge in [-0.3, -0.25) is 0 Å². The minimum absolute atomic E-state index is 0.386. The molecule has 1 fully saturated rings. The molecule has 0 amide bonds. The van der Waals surface area contributed by atoms with Crippen molar-refractivity contribution < 1.29 is 5.11 Å². The third kappa shape index (κ3) is 5.22. The largest absolute Gasteiger partial charge is 0.383 e. The Hall–Kier alpha value is -1.40. The number of hydrogen-bond acceptors (Lipinski definition) is 3. The van der Waals surface area contributed by atoms with Crippen molar-refractivity contribution in [2.24, 2.45) is 0 Å². The summed E-state index contributed by atoms with van der Waals surface area (Å²) in [6.45, 7) is 3.59. The van der Waals surface area contributed by atoms with E-state index in [4.69, 9.17) is 11.6 Å². The molecule has 5 rings (SSSR count). The Bertz CT molecular complexity index is 1080. The molecule has 0 radical (unpaired) electrons. The fourth-order valence-corrected chi connectivity index (χ4v) is 5.61. The highest BCUT2D eigenvalue weighted by atomic mass is 79.9. The zero-order valence-corrected chi connectivity index (χ0v) is 21.5. The highest BCUT2D eigenvalue weighted by molar-refractivity contribution is 9.10. The van der Waals surface area contributed by atoms with Crippen LogP contribution in [0.15, 0.2) is 40.9 Å². The minimum Gasteiger partial charge on any atom is -0.383 e. The van der Waals surface area contributed by atoms with Crippen LogP contribution < -0.4 is 5.32 Å². The van der Waals surface area contributed by atoms with Gasteiger partial charge in [0.15, 0.2) is 0 Å². The topological polar surface area (TPSA) is 50.1 Å². The summed E-state index contributed by atoms with van der Waals surface area (Å²) < 4.78 is 3.45. The molecule has 32 heavy (non-hydrogen) atoms. The van der Waals surface area contributed by atoms with E-state index in [9.17, 15) is 5.11 Å². The zero-order chi connectivity index (χ0) is 22.9. The Morgan fingerprint density at radius 3 is 2.47 bits per heavy atom. The fraction of sp³-hybridized carbons (Fsp3) is 0.500. The minimum atomic E-state index is -0.967. The van der Waals surface area contributed by atoms with E-state index < -0.39 is 5.60 Å². The van der Waals surface area contributed by atoms with E-state index in [1.807, 2.05) is 25.2 Å². The number of halogens is 2. The van der Waals surface area contributed by atoms with Gasteiger partial charge in [-0.2, -0.15) is 0 Å². The highest BCUT2D eigenvalue weighted by Crippen LogP contribution is 2.36. The van der Waals surface area contributed by atoms with Gasteiger partial charge in [0.05, 0.1) is 11.0 Å². The van der Waals surface area contributed by atoms with Crippen molar-refractivity contribution in [3.8, 4) is 0 Å². The van der Waals surface area contributed by atoms with Crippen LogP contribution in [-0.2, 0) is 18.4 Å². The van der Waals surface area contributed by atoms with Gasteiger partial charge in [0.2, 0.25) is 0 Å². The molecular formula is C26H33BrClN3O. The summed E-state index contributed by atoms with van der Waals surface area (Å²) in [7, 11) is 2.03. The number of benzene rings is 2. The van der Waals surface area contributed by atoms with Gasteiger partial charge < -0.3 is 15.0 Å². The lowest BCUT2D eigenvalue weighted by Crippen LogP contribution is -2.32. The smallest absolute Gasteiger partial charge is 0.141 e. The van der Waals surface area contributed by atoms with Gasteiger partial charge in [-0.1, -0.05) is 33.6 Å². The van der Waals surface area contributed by atoms with E-state index >= 15 is 0 Å². The molecule has 172 valence electrons. The molecule has 0 spiro atoms. The van der Waals surface area contributed by atoms with Gasteiger partial charge in [-0.15, -0.1) is 0 Å². The Morgan fingerprint density at radius 1 is 1.06 bits per heavy atom. The first-order valence-electron chi connectivity index (χ1n) is 11.6. The monoisotopic (exact) mass is 517 g/mol. The molecule has 2 N–H and O–H groups in total. The second-order valence-corrected chi connectivity index (χ2v) is 10.9. The van der Waals surface area contributed by atoms with Gasteiger partial charge in [0.25, 0.3) is 0 Å². The first-order valence-corrected chi connectivity index (χ1v) is 12.8. The summed E-state index contributed by atoms with van der Waals surface area (Å²) in [6, 6.07) is 13.4. The average molecular weight is 519 g/mol. The summed E-state index contributed by atoms with van der Waals surface area (Å²) in [5, 5.41) is 14.6. The fourth-order valence-electron chi connectivity index (χ4n) is 5.04. The van der Waals surface area contributed by atoms with Crippen LogP contribution in [0.4, 0.5) is 0 Å². The number of hydrogen-bond donors (Lipinski definition) is 2. The average Bonchev–Trinajstić information content (AvgIpc) is 3.38. The van der Waals surface area contributed by atoms with Crippen LogP contribution >= 0.6 is 27.5 Å². The SMILES string of the molecule is Brc1ccc2c(c1)CCC2.CNC1CCC(n2c(C(C)(C)O)nc3cc(Cl)ccc32)CC1. The molecule has 0 saturated heterocycles. The summed E-state index contributed by atoms with van der Waals surface area (Å²) >= 11 is 9.56. The molecule has 0 atom stereocenters. The molecule has 2 aromatic carbocycles. The molecule has 1 heterocycles. The predicted octanol–water partition coefficient (Wildman–Crippen LogP) is 6.56.